The third kappa shape index (κ3) is 2.33. The van der Waals surface area contributed by atoms with Gasteiger partial charge in [0.2, 0.25) is 0 Å². The summed E-state index contributed by atoms with van der Waals surface area (Å²) in [5.41, 5.74) is 6.54. The SMILES string of the molecule is C=CCC(=O)c1ccc(Cl)c(N)c1. The fraction of sp³-hybridized carbons (Fsp3) is 0.100. The maximum absolute atomic E-state index is 11.3. The summed E-state index contributed by atoms with van der Waals surface area (Å²) in [6.45, 7) is 3.49. The standard InChI is InChI=1S/C10H10ClNO/c1-2-3-10(13)7-4-5-8(11)9(12)6-7/h2,4-6H,1,3,12H2. The number of nitrogens with two attached hydrogens (primary N) is 1. The number of hydrogen-bond donors (Lipinski definition) is 1. The Hall–Kier alpha value is -1.28. The first-order valence-electron chi connectivity index (χ1n) is 3.84. The van der Waals surface area contributed by atoms with Gasteiger partial charge in [0.1, 0.15) is 0 Å². The third-order valence-electron chi connectivity index (χ3n) is 1.65. The summed E-state index contributed by atoms with van der Waals surface area (Å²) in [6.07, 6.45) is 1.88. The van der Waals surface area contributed by atoms with Crippen molar-refractivity contribution in [2.45, 2.75) is 6.42 Å². The Morgan fingerprint density at radius 3 is 2.85 bits per heavy atom. The number of nitrogen functional groups attached to an aromatic ring is 1. The minimum Gasteiger partial charge on any atom is -0.398 e. The molecule has 0 bridgehead atoms. The average Bonchev–Trinajstić information content (AvgIpc) is 2.10. The van der Waals surface area contributed by atoms with E-state index in [4.69, 9.17) is 17.3 Å². The van der Waals surface area contributed by atoms with E-state index in [2.05, 4.69) is 6.58 Å². The van der Waals surface area contributed by atoms with Gasteiger partial charge < -0.3 is 5.73 Å². The fourth-order valence-corrected chi connectivity index (χ4v) is 1.08. The molecule has 3 heteroatoms. The summed E-state index contributed by atoms with van der Waals surface area (Å²) < 4.78 is 0. The van der Waals surface area contributed by atoms with Gasteiger partial charge >= 0.3 is 0 Å². The van der Waals surface area contributed by atoms with Crippen molar-refractivity contribution >= 4 is 23.1 Å². The van der Waals surface area contributed by atoms with Crippen molar-refractivity contribution in [2.75, 3.05) is 5.73 Å². The lowest BCUT2D eigenvalue weighted by Crippen LogP contribution is -1.98. The zero-order chi connectivity index (χ0) is 9.84. The minimum absolute atomic E-state index is 0.00151. The van der Waals surface area contributed by atoms with Crippen LogP contribution in [0.1, 0.15) is 16.8 Å². The number of halogens is 1. The lowest BCUT2D eigenvalue weighted by Gasteiger charge is -2.01. The number of rotatable bonds is 3. The van der Waals surface area contributed by atoms with Gasteiger partial charge in [0.25, 0.3) is 0 Å². The highest BCUT2D eigenvalue weighted by Gasteiger charge is 2.05. The van der Waals surface area contributed by atoms with Gasteiger partial charge in [-0.3, -0.25) is 4.79 Å². The molecule has 1 rings (SSSR count). The first-order chi connectivity index (χ1) is 6.15. The Bertz CT molecular complexity index is 347. The highest BCUT2D eigenvalue weighted by atomic mass is 35.5. The second-order valence-corrected chi connectivity index (χ2v) is 3.06. The van der Waals surface area contributed by atoms with E-state index >= 15 is 0 Å². The highest BCUT2D eigenvalue weighted by molar-refractivity contribution is 6.33. The number of hydrogen-bond acceptors (Lipinski definition) is 2. The molecule has 0 aliphatic carbocycles. The van der Waals surface area contributed by atoms with E-state index in [1.807, 2.05) is 0 Å². The molecule has 0 radical (unpaired) electrons. The third-order valence-corrected chi connectivity index (χ3v) is 1.99. The molecular weight excluding hydrogens is 186 g/mol. The number of benzene rings is 1. The normalized spacial score (nSPS) is 9.62. The van der Waals surface area contributed by atoms with E-state index in [0.29, 0.717) is 22.7 Å². The Labute approximate surface area is 82.0 Å². The molecular formula is C10H10ClNO. The van der Waals surface area contributed by atoms with Gasteiger partial charge in [-0.15, -0.1) is 6.58 Å². The summed E-state index contributed by atoms with van der Waals surface area (Å²) >= 11 is 5.71. The lowest BCUT2D eigenvalue weighted by molar-refractivity contribution is 0.0996. The van der Waals surface area contributed by atoms with Crippen LogP contribution in [0.15, 0.2) is 30.9 Å². The van der Waals surface area contributed by atoms with E-state index < -0.39 is 0 Å². The summed E-state index contributed by atoms with van der Waals surface area (Å²) in [7, 11) is 0. The molecule has 0 saturated carbocycles. The molecule has 0 aliphatic heterocycles. The molecule has 0 fully saturated rings. The zero-order valence-corrected chi connectivity index (χ0v) is 7.84. The number of Topliss-reactive ketones (excluding diaryl/α,β-unsaturated/α-hetero) is 1. The van der Waals surface area contributed by atoms with Crippen LogP contribution in [0.2, 0.25) is 5.02 Å². The molecule has 0 unspecified atom stereocenters. The van der Waals surface area contributed by atoms with Gasteiger partial charge in [0.15, 0.2) is 5.78 Å². The summed E-state index contributed by atoms with van der Waals surface area (Å²) in [4.78, 5) is 11.3. The molecule has 0 saturated heterocycles. The molecule has 0 heterocycles. The van der Waals surface area contributed by atoms with Crippen LogP contribution in [0.5, 0.6) is 0 Å². The zero-order valence-electron chi connectivity index (χ0n) is 7.09. The minimum atomic E-state index is -0.00151. The topological polar surface area (TPSA) is 43.1 Å². The van der Waals surface area contributed by atoms with Gasteiger partial charge in [-0.25, -0.2) is 0 Å². The largest absolute Gasteiger partial charge is 0.398 e. The van der Waals surface area contributed by atoms with Gasteiger partial charge in [0, 0.05) is 12.0 Å². The highest BCUT2D eigenvalue weighted by Crippen LogP contribution is 2.20. The number of anilines is 1. The van der Waals surface area contributed by atoms with Crippen molar-refractivity contribution in [3.05, 3.63) is 41.4 Å². The number of carbonyl (C=O) groups excluding carboxylic acids is 1. The molecule has 1 aromatic carbocycles. The second kappa shape index (κ2) is 4.10. The molecule has 13 heavy (non-hydrogen) atoms. The predicted octanol–water partition coefficient (Wildman–Crippen LogP) is 2.68. The van der Waals surface area contributed by atoms with Crippen molar-refractivity contribution < 1.29 is 4.79 Å². The van der Waals surface area contributed by atoms with Crippen molar-refractivity contribution in [2.24, 2.45) is 0 Å². The van der Waals surface area contributed by atoms with Crippen LogP contribution in [0.3, 0.4) is 0 Å². The van der Waals surface area contributed by atoms with E-state index in [9.17, 15) is 4.79 Å². The molecule has 2 nitrogen and oxygen atoms in total. The Kier molecular flexibility index (Phi) is 3.09. The molecule has 2 N–H and O–H groups in total. The predicted molar refractivity (Wildman–Crippen MR) is 55.0 cm³/mol. The monoisotopic (exact) mass is 195 g/mol. The van der Waals surface area contributed by atoms with Crippen molar-refractivity contribution in [3.63, 3.8) is 0 Å². The van der Waals surface area contributed by atoms with Crippen molar-refractivity contribution in [1.82, 2.24) is 0 Å². The van der Waals surface area contributed by atoms with Gasteiger partial charge in [-0.2, -0.15) is 0 Å². The van der Waals surface area contributed by atoms with Crippen molar-refractivity contribution in [1.29, 1.82) is 0 Å². The average molecular weight is 196 g/mol. The van der Waals surface area contributed by atoms with Crippen LogP contribution in [-0.4, -0.2) is 5.78 Å². The Balaban J connectivity index is 2.96. The van der Waals surface area contributed by atoms with Gasteiger partial charge in [-0.1, -0.05) is 17.7 Å². The Morgan fingerprint density at radius 1 is 1.62 bits per heavy atom. The lowest BCUT2D eigenvalue weighted by atomic mass is 10.1. The molecule has 0 amide bonds. The van der Waals surface area contributed by atoms with Crippen LogP contribution < -0.4 is 5.73 Å². The van der Waals surface area contributed by atoms with E-state index in [0.717, 1.165) is 0 Å². The van der Waals surface area contributed by atoms with Crippen LogP contribution in [0.4, 0.5) is 5.69 Å². The molecule has 0 atom stereocenters. The number of allylic oxidation sites excluding steroid dienone is 1. The van der Waals surface area contributed by atoms with Crippen LogP contribution in [0, 0.1) is 0 Å². The van der Waals surface area contributed by atoms with Crippen LogP contribution in [0.25, 0.3) is 0 Å². The van der Waals surface area contributed by atoms with Crippen LogP contribution >= 0.6 is 11.6 Å². The van der Waals surface area contributed by atoms with E-state index in [1.165, 1.54) is 0 Å². The van der Waals surface area contributed by atoms with Crippen LogP contribution in [-0.2, 0) is 0 Å². The molecule has 0 aromatic heterocycles. The maximum Gasteiger partial charge on any atom is 0.166 e. The van der Waals surface area contributed by atoms with E-state index in [1.54, 1.807) is 24.3 Å². The van der Waals surface area contributed by atoms with Gasteiger partial charge in [0.05, 0.1) is 10.7 Å². The van der Waals surface area contributed by atoms with Crippen molar-refractivity contribution in [3.8, 4) is 0 Å². The molecule has 0 spiro atoms. The smallest absolute Gasteiger partial charge is 0.166 e. The molecule has 1 aromatic rings. The number of carbonyl (C=O) groups is 1. The Morgan fingerprint density at radius 2 is 2.31 bits per heavy atom. The summed E-state index contributed by atoms with van der Waals surface area (Å²) in [6, 6.07) is 4.85. The maximum atomic E-state index is 11.3. The quantitative estimate of drug-likeness (QED) is 0.458. The fourth-order valence-electron chi connectivity index (χ4n) is 0.966. The summed E-state index contributed by atoms with van der Waals surface area (Å²) in [5.74, 6) is -0.00151. The first kappa shape index (κ1) is 9.81. The number of ketones is 1. The molecule has 68 valence electrons. The van der Waals surface area contributed by atoms with E-state index in [-0.39, 0.29) is 5.78 Å². The summed E-state index contributed by atoms with van der Waals surface area (Å²) in [5, 5.41) is 0.468. The molecule has 0 aliphatic rings. The first-order valence-corrected chi connectivity index (χ1v) is 4.22. The van der Waals surface area contributed by atoms with Gasteiger partial charge in [-0.05, 0) is 18.2 Å². The second-order valence-electron chi connectivity index (χ2n) is 2.65.